The monoisotopic (exact) mass is 539 g/mol. The summed E-state index contributed by atoms with van der Waals surface area (Å²) in [5.74, 6) is 2.29. The number of fused-ring (bicyclic) bond motifs is 1. The lowest BCUT2D eigenvalue weighted by atomic mass is 10.2. The molecule has 0 atom stereocenters. The molecule has 30 heavy (non-hydrogen) atoms. The predicted octanol–water partition coefficient (Wildman–Crippen LogP) is 4.02. The van der Waals surface area contributed by atoms with Crippen molar-refractivity contribution in [1.82, 2.24) is 15.1 Å². The summed E-state index contributed by atoms with van der Waals surface area (Å²) in [7, 11) is 0. The number of hydrogen-bond acceptors (Lipinski definition) is 5. The van der Waals surface area contributed by atoms with E-state index >= 15 is 0 Å². The molecule has 0 saturated heterocycles. The maximum absolute atomic E-state index is 5.80. The molecule has 3 heterocycles. The van der Waals surface area contributed by atoms with E-state index in [0.717, 1.165) is 49.1 Å². The van der Waals surface area contributed by atoms with Crippen molar-refractivity contribution in [1.29, 1.82) is 0 Å². The van der Waals surface area contributed by atoms with Gasteiger partial charge in [-0.25, -0.2) is 0 Å². The van der Waals surface area contributed by atoms with E-state index in [9.17, 15) is 0 Å². The normalized spacial score (nSPS) is 13.3. The van der Waals surface area contributed by atoms with Crippen LogP contribution in [0.2, 0.25) is 0 Å². The topological polar surface area (TPSA) is 72.7 Å². The summed E-state index contributed by atoms with van der Waals surface area (Å²) in [6.07, 6.45) is 5.55. The molecule has 0 amide bonds. The summed E-state index contributed by atoms with van der Waals surface area (Å²) in [5.41, 5.74) is 0.913. The molecule has 1 aromatic carbocycles. The standard InChI is InChI=1S/C21H25N5O2S.HI/c1-4-18(29-15-1)7-9-22-21(23-10-12-26-11-2-8-24-26)25-17-5-6-19-20(16-17)28-14-3-13-27-19;/h1-2,4-6,8,11,15-16H,3,7,9-10,12-14H2,(H2,22,23,25);1H. The predicted molar refractivity (Wildman–Crippen MR) is 132 cm³/mol. The fourth-order valence-electron chi connectivity index (χ4n) is 2.97. The van der Waals surface area contributed by atoms with Crippen LogP contribution >= 0.6 is 35.3 Å². The Bertz CT molecular complexity index is 916. The Hall–Kier alpha value is -2.27. The van der Waals surface area contributed by atoms with E-state index in [4.69, 9.17) is 14.5 Å². The lowest BCUT2D eigenvalue weighted by Gasteiger charge is -2.14. The van der Waals surface area contributed by atoms with Crippen molar-refractivity contribution in [3.8, 4) is 11.5 Å². The van der Waals surface area contributed by atoms with Crippen LogP contribution in [0.5, 0.6) is 11.5 Å². The molecule has 9 heteroatoms. The molecule has 1 aliphatic heterocycles. The Morgan fingerprint density at radius 2 is 2.07 bits per heavy atom. The minimum absolute atomic E-state index is 0. The third-order valence-corrected chi connectivity index (χ3v) is 5.35. The highest BCUT2D eigenvalue weighted by Gasteiger charge is 2.11. The fourth-order valence-corrected chi connectivity index (χ4v) is 3.67. The maximum atomic E-state index is 5.80. The zero-order valence-corrected chi connectivity index (χ0v) is 19.8. The molecule has 3 aromatic rings. The highest BCUT2D eigenvalue weighted by atomic mass is 127. The Labute approximate surface area is 197 Å². The number of halogens is 1. The van der Waals surface area contributed by atoms with Crippen molar-refractivity contribution in [3.63, 3.8) is 0 Å². The molecule has 0 aliphatic carbocycles. The van der Waals surface area contributed by atoms with Crippen LogP contribution in [0.15, 0.2) is 59.2 Å². The van der Waals surface area contributed by atoms with Gasteiger partial charge in [0.15, 0.2) is 17.5 Å². The zero-order chi connectivity index (χ0) is 19.7. The maximum Gasteiger partial charge on any atom is 0.195 e. The van der Waals surface area contributed by atoms with Crippen LogP contribution in [0, 0.1) is 0 Å². The minimum Gasteiger partial charge on any atom is -0.490 e. The number of nitrogens with one attached hydrogen (secondary N) is 2. The lowest BCUT2D eigenvalue weighted by molar-refractivity contribution is 0.297. The highest BCUT2D eigenvalue weighted by molar-refractivity contribution is 14.0. The van der Waals surface area contributed by atoms with Gasteiger partial charge in [-0.15, -0.1) is 35.3 Å². The number of ether oxygens (including phenoxy) is 2. The van der Waals surface area contributed by atoms with E-state index in [1.807, 2.05) is 35.1 Å². The number of aliphatic imine (C=N–C) groups is 1. The van der Waals surface area contributed by atoms with Gasteiger partial charge in [0.05, 0.1) is 19.8 Å². The first-order valence-corrected chi connectivity index (χ1v) is 10.7. The zero-order valence-electron chi connectivity index (χ0n) is 16.6. The molecular weight excluding hydrogens is 513 g/mol. The highest BCUT2D eigenvalue weighted by Crippen LogP contribution is 2.32. The van der Waals surface area contributed by atoms with E-state index in [2.05, 4.69) is 33.2 Å². The second-order valence-electron chi connectivity index (χ2n) is 6.59. The smallest absolute Gasteiger partial charge is 0.195 e. The number of aromatic nitrogens is 2. The van der Waals surface area contributed by atoms with Crippen LogP contribution in [0.1, 0.15) is 11.3 Å². The summed E-state index contributed by atoms with van der Waals surface area (Å²) in [4.78, 5) is 6.08. The quantitative estimate of drug-likeness (QED) is 0.270. The first kappa shape index (κ1) is 22.4. The number of thiophene rings is 1. The average molecular weight is 539 g/mol. The molecule has 2 N–H and O–H groups in total. The third kappa shape index (κ3) is 6.63. The van der Waals surface area contributed by atoms with Gasteiger partial charge in [-0.05, 0) is 29.6 Å². The van der Waals surface area contributed by atoms with Gasteiger partial charge in [0.25, 0.3) is 0 Å². The molecular formula is C21H26IN5O2S. The Morgan fingerprint density at radius 3 is 2.87 bits per heavy atom. The Balaban J connectivity index is 0.00000256. The Kier molecular flexibility index (Phi) is 8.81. The first-order valence-electron chi connectivity index (χ1n) is 9.82. The number of nitrogens with zero attached hydrogens (tertiary/aromatic N) is 3. The molecule has 1 aliphatic rings. The molecule has 0 bridgehead atoms. The van der Waals surface area contributed by atoms with E-state index < -0.39 is 0 Å². The molecule has 0 spiro atoms. The molecule has 0 unspecified atom stereocenters. The van der Waals surface area contributed by atoms with Gasteiger partial charge in [-0.2, -0.15) is 5.10 Å². The van der Waals surface area contributed by atoms with Crippen molar-refractivity contribution in [2.75, 3.05) is 31.6 Å². The molecule has 0 saturated carbocycles. The summed E-state index contributed by atoms with van der Waals surface area (Å²) in [6, 6.07) is 12.0. The fraction of sp³-hybridized carbons (Fsp3) is 0.333. The molecule has 160 valence electrons. The third-order valence-electron chi connectivity index (χ3n) is 4.41. The lowest BCUT2D eigenvalue weighted by Crippen LogP contribution is -2.33. The van der Waals surface area contributed by atoms with E-state index in [1.165, 1.54) is 4.88 Å². The second-order valence-corrected chi connectivity index (χ2v) is 7.62. The van der Waals surface area contributed by atoms with Crippen LogP contribution in [0.3, 0.4) is 0 Å². The van der Waals surface area contributed by atoms with Gasteiger partial charge < -0.3 is 20.1 Å². The van der Waals surface area contributed by atoms with Crippen LogP contribution in [-0.4, -0.2) is 42.0 Å². The van der Waals surface area contributed by atoms with Crippen LogP contribution in [-0.2, 0) is 13.0 Å². The number of hydrogen-bond donors (Lipinski definition) is 2. The van der Waals surface area contributed by atoms with Gasteiger partial charge in [0, 0.05) is 55.0 Å². The average Bonchev–Trinajstić information content (AvgIpc) is 3.39. The van der Waals surface area contributed by atoms with Gasteiger partial charge in [0.2, 0.25) is 0 Å². The molecule has 0 radical (unpaired) electrons. The van der Waals surface area contributed by atoms with Crippen molar-refractivity contribution in [3.05, 3.63) is 59.0 Å². The van der Waals surface area contributed by atoms with Crippen LogP contribution in [0.25, 0.3) is 0 Å². The van der Waals surface area contributed by atoms with E-state index in [1.54, 1.807) is 17.5 Å². The number of guanidine groups is 1. The molecule has 7 nitrogen and oxygen atoms in total. The van der Waals surface area contributed by atoms with E-state index in [0.29, 0.717) is 19.8 Å². The van der Waals surface area contributed by atoms with Crippen LogP contribution < -0.4 is 20.1 Å². The number of benzene rings is 1. The largest absolute Gasteiger partial charge is 0.490 e. The van der Waals surface area contributed by atoms with Crippen molar-refractivity contribution in [2.45, 2.75) is 19.4 Å². The van der Waals surface area contributed by atoms with E-state index in [-0.39, 0.29) is 24.0 Å². The first-order chi connectivity index (χ1) is 14.4. The molecule has 0 fully saturated rings. The number of rotatable bonds is 7. The van der Waals surface area contributed by atoms with Crippen molar-refractivity contribution >= 4 is 47.0 Å². The van der Waals surface area contributed by atoms with Crippen molar-refractivity contribution < 1.29 is 9.47 Å². The van der Waals surface area contributed by atoms with Crippen LogP contribution in [0.4, 0.5) is 5.69 Å². The SMILES string of the molecule is I.c1csc(CCN=C(NCCn2cccn2)Nc2ccc3c(c2)OCCCO3)c1. The molecule has 2 aromatic heterocycles. The summed E-state index contributed by atoms with van der Waals surface area (Å²) < 4.78 is 13.4. The second kappa shape index (κ2) is 11.8. The number of anilines is 1. The minimum atomic E-state index is 0. The van der Waals surface area contributed by atoms with Gasteiger partial charge in [-0.3, -0.25) is 9.67 Å². The van der Waals surface area contributed by atoms with Crippen molar-refractivity contribution in [2.24, 2.45) is 4.99 Å². The van der Waals surface area contributed by atoms with Gasteiger partial charge >= 0.3 is 0 Å². The van der Waals surface area contributed by atoms with Gasteiger partial charge in [-0.1, -0.05) is 6.07 Å². The summed E-state index contributed by atoms with van der Waals surface area (Å²) >= 11 is 1.76. The van der Waals surface area contributed by atoms with Gasteiger partial charge in [0.1, 0.15) is 0 Å². The summed E-state index contributed by atoms with van der Waals surface area (Å²) in [6.45, 7) is 3.55. The summed E-state index contributed by atoms with van der Waals surface area (Å²) in [5, 5.41) is 13.1. The Morgan fingerprint density at radius 1 is 1.17 bits per heavy atom. The molecule has 4 rings (SSSR count).